The summed E-state index contributed by atoms with van der Waals surface area (Å²) in [5, 5.41) is 16.6. The molecule has 2 N–H and O–H groups in total. The van der Waals surface area contributed by atoms with E-state index in [2.05, 4.69) is 10.4 Å². The maximum Gasteiger partial charge on any atom is 0.306 e. The predicted molar refractivity (Wildman–Crippen MR) is 100 cm³/mol. The topological polar surface area (TPSA) is 93.5 Å². The van der Waals surface area contributed by atoms with E-state index in [0.717, 1.165) is 11.4 Å². The molecule has 2 aromatic rings. The van der Waals surface area contributed by atoms with Crippen LogP contribution in [0.5, 0.6) is 5.75 Å². The van der Waals surface area contributed by atoms with Crippen molar-refractivity contribution in [3.63, 3.8) is 0 Å². The Morgan fingerprint density at radius 2 is 1.96 bits per heavy atom. The van der Waals surface area contributed by atoms with Crippen molar-refractivity contribution in [1.29, 1.82) is 0 Å². The number of aliphatic carboxylic acids is 1. The number of carboxylic acid groups (broad SMARTS) is 1. The fraction of sp³-hybridized carbons (Fsp3) is 0.450. The van der Waals surface area contributed by atoms with Crippen LogP contribution >= 0.6 is 0 Å². The minimum Gasteiger partial charge on any atom is -0.494 e. The Balaban J connectivity index is 1.77. The summed E-state index contributed by atoms with van der Waals surface area (Å²) in [5.74, 6) is -0.509. The molecule has 3 rings (SSSR count). The van der Waals surface area contributed by atoms with Crippen LogP contribution in [0.4, 0.5) is 0 Å². The zero-order valence-corrected chi connectivity index (χ0v) is 15.6. The maximum absolute atomic E-state index is 12.8. The summed E-state index contributed by atoms with van der Waals surface area (Å²) in [6.45, 7) is 1.98. The standard InChI is InChI=1S/C20H25N3O4/c1-3-16-15(12-21-23(16)17-6-4-5-7-18(17)27-2)19(24)22-14-10-8-13(9-11-14)20(25)26/h4-7,12-14H,3,8-11H2,1-2H3,(H,22,24)(H,25,26). The number of benzene rings is 1. The number of nitrogens with zero attached hydrogens (tertiary/aromatic N) is 2. The molecular weight excluding hydrogens is 346 g/mol. The lowest BCUT2D eigenvalue weighted by atomic mass is 9.86. The molecule has 0 unspecified atom stereocenters. The molecule has 1 heterocycles. The third-order valence-corrected chi connectivity index (χ3v) is 5.17. The zero-order chi connectivity index (χ0) is 19.4. The monoisotopic (exact) mass is 371 g/mol. The molecule has 7 nitrogen and oxygen atoms in total. The molecule has 0 saturated heterocycles. The first-order valence-corrected chi connectivity index (χ1v) is 9.29. The van der Waals surface area contributed by atoms with Crippen LogP contribution in [0.25, 0.3) is 5.69 Å². The molecule has 0 spiro atoms. The van der Waals surface area contributed by atoms with Crippen LogP contribution in [0.2, 0.25) is 0 Å². The van der Waals surface area contributed by atoms with Crippen molar-refractivity contribution in [2.75, 3.05) is 7.11 Å². The number of aromatic nitrogens is 2. The molecule has 27 heavy (non-hydrogen) atoms. The summed E-state index contributed by atoms with van der Waals surface area (Å²) < 4.78 is 7.16. The molecule has 1 fully saturated rings. The van der Waals surface area contributed by atoms with Gasteiger partial charge in [0, 0.05) is 6.04 Å². The lowest BCUT2D eigenvalue weighted by molar-refractivity contribution is -0.142. The second-order valence-corrected chi connectivity index (χ2v) is 6.80. The summed E-state index contributed by atoms with van der Waals surface area (Å²) in [4.78, 5) is 23.9. The number of hydrogen-bond donors (Lipinski definition) is 2. The van der Waals surface area contributed by atoms with Gasteiger partial charge in [0.25, 0.3) is 5.91 Å². The number of amides is 1. The van der Waals surface area contributed by atoms with Gasteiger partial charge in [0.15, 0.2) is 0 Å². The highest BCUT2D eigenvalue weighted by Gasteiger charge is 2.28. The fourth-order valence-electron chi connectivity index (χ4n) is 3.66. The minimum atomic E-state index is -0.744. The van der Waals surface area contributed by atoms with E-state index in [9.17, 15) is 9.59 Å². The summed E-state index contributed by atoms with van der Waals surface area (Å²) >= 11 is 0. The van der Waals surface area contributed by atoms with E-state index in [-0.39, 0.29) is 17.9 Å². The quantitative estimate of drug-likeness (QED) is 0.814. The number of rotatable bonds is 6. The first-order valence-electron chi connectivity index (χ1n) is 9.29. The smallest absolute Gasteiger partial charge is 0.306 e. The van der Waals surface area contributed by atoms with Crippen molar-refractivity contribution >= 4 is 11.9 Å². The Morgan fingerprint density at radius 1 is 1.26 bits per heavy atom. The average Bonchev–Trinajstić information content (AvgIpc) is 3.12. The van der Waals surface area contributed by atoms with Crippen LogP contribution in [0.3, 0.4) is 0 Å². The van der Waals surface area contributed by atoms with Crippen molar-refractivity contribution in [3.05, 3.63) is 41.7 Å². The van der Waals surface area contributed by atoms with E-state index >= 15 is 0 Å². The number of carboxylic acids is 1. The first kappa shape index (κ1) is 18.9. The van der Waals surface area contributed by atoms with Gasteiger partial charge in [-0.2, -0.15) is 5.10 Å². The summed E-state index contributed by atoms with van der Waals surface area (Å²) in [6.07, 6.45) is 4.80. The highest BCUT2D eigenvalue weighted by atomic mass is 16.5. The van der Waals surface area contributed by atoms with Gasteiger partial charge in [-0.3, -0.25) is 9.59 Å². The lowest BCUT2D eigenvalue weighted by Gasteiger charge is -2.26. The molecule has 1 aromatic heterocycles. The summed E-state index contributed by atoms with van der Waals surface area (Å²) in [5.41, 5.74) is 2.15. The van der Waals surface area contributed by atoms with Crippen molar-refractivity contribution in [3.8, 4) is 11.4 Å². The Hall–Kier alpha value is -2.83. The van der Waals surface area contributed by atoms with E-state index in [0.29, 0.717) is 43.4 Å². The number of carbonyl (C=O) groups excluding carboxylic acids is 1. The van der Waals surface area contributed by atoms with Crippen molar-refractivity contribution in [1.82, 2.24) is 15.1 Å². The molecule has 0 bridgehead atoms. The van der Waals surface area contributed by atoms with Crippen LogP contribution in [-0.2, 0) is 11.2 Å². The number of ether oxygens (including phenoxy) is 1. The summed E-state index contributed by atoms with van der Waals surface area (Å²) in [7, 11) is 1.61. The van der Waals surface area contributed by atoms with E-state index in [1.807, 2.05) is 31.2 Å². The van der Waals surface area contributed by atoms with Gasteiger partial charge in [0.05, 0.1) is 30.5 Å². The van der Waals surface area contributed by atoms with E-state index in [1.165, 1.54) is 0 Å². The van der Waals surface area contributed by atoms with Crippen molar-refractivity contribution < 1.29 is 19.4 Å². The SMILES string of the molecule is CCc1c(C(=O)NC2CCC(C(=O)O)CC2)cnn1-c1ccccc1OC. The van der Waals surface area contributed by atoms with Crippen LogP contribution in [0, 0.1) is 5.92 Å². The van der Waals surface area contributed by atoms with E-state index in [1.54, 1.807) is 18.0 Å². The molecule has 1 aliphatic carbocycles. The normalized spacial score (nSPS) is 19.5. The van der Waals surface area contributed by atoms with Gasteiger partial charge >= 0.3 is 5.97 Å². The molecular formula is C20H25N3O4. The van der Waals surface area contributed by atoms with Gasteiger partial charge in [-0.05, 0) is 44.2 Å². The van der Waals surface area contributed by atoms with Crippen LogP contribution < -0.4 is 10.1 Å². The molecule has 0 radical (unpaired) electrons. The summed E-state index contributed by atoms with van der Waals surface area (Å²) in [6, 6.07) is 7.56. The van der Waals surface area contributed by atoms with Gasteiger partial charge in [0.1, 0.15) is 11.4 Å². The molecule has 0 atom stereocenters. The molecule has 7 heteroatoms. The Morgan fingerprint density at radius 3 is 2.59 bits per heavy atom. The Labute approximate surface area is 158 Å². The van der Waals surface area contributed by atoms with Gasteiger partial charge in [-0.1, -0.05) is 19.1 Å². The highest BCUT2D eigenvalue weighted by Crippen LogP contribution is 2.26. The van der Waals surface area contributed by atoms with Gasteiger partial charge < -0.3 is 15.2 Å². The number of hydrogen-bond acceptors (Lipinski definition) is 4. The second-order valence-electron chi connectivity index (χ2n) is 6.80. The molecule has 1 aliphatic rings. The third-order valence-electron chi connectivity index (χ3n) is 5.17. The number of methoxy groups -OCH3 is 1. The minimum absolute atomic E-state index is 0.00687. The number of nitrogens with one attached hydrogen (secondary N) is 1. The van der Waals surface area contributed by atoms with E-state index in [4.69, 9.17) is 9.84 Å². The van der Waals surface area contributed by atoms with Gasteiger partial charge in [-0.25, -0.2) is 4.68 Å². The highest BCUT2D eigenvalue weighted by molar-refractivity contribution is 5.95. The average molecular weight is 371 g/mol. The third kappa shape index (κ3) is 3.97. The van der Waals surface area contributed by atoms with E-state index < -0.39 is 5.97 Å². The van der Waals surface area contributed by atoms with Crippen LogP contribution in [-0.4, -0.2) is 39.9 Å². The number of carbonyl (C=O) groups is 2. The number of para-hydroxylation sites is 2. The fourth-order valence-corrected chi connectivity index (χ4v) is 3.66. The molecule has 1 amide bonds. The largest absolute Gasteiger partial charge is 0.494 e. The Bertz CT molecular complexity index is 822. The molecule has 1 aromatic carbocycles. The maximum atomic E-state index is 12.8. The zero-order valence-electron chi connectivity index (χ0n) is 15.6. The van der Waals surface area contributed by atoms with Crippen LogP contribution in [0.1, 0.15) is 48.7 Å². The lowest BCUT2D eigenvalue weighted by Crippen LogP contribution is -2.39. The molecule has 1 saturated carbocycles. The molecule has 0 aliphatic heterocycles. The van der Waals surface area contributed by atoms with Crippen molar-refractivity contribution in [2.45, 2.75) is 45.1 Å². The second kappa shape index (κ2) is 8.24. The molecule has 144 valence electrons. The first-order chi connectivity index (χ1) is 13.0. The van der Waals surface area contributed by atoms with Crippen molar-refractivity contribution in [2.24, 2.45) is 5.92 Å². The Kier molecular flexibility index (Phi) is 5.78. The van der Waals surface area contributed by atoms with Gasteiger partial charge in [0.2, 0.25) is 0 Å². The predicted octanol–water partition coefficient (Wildman–Crippen LogP) is 2.82. The van der Waals surface area contributed by atoms with Crippen LogP contribution in [0.15, 0.2) is 30.5 Å². The van der Waals surface area contributed by atoms with Gasteiger partial charge in [-0.15, -0.1) is 0 Å².